The zero-order valence-corrected chi connectivity index (χ0v) is 15.4. The molecule has 4 aromatic rings. The molecule has 0 radical (unpaired) electrons. The highest BCUT2D eigenvalue weighted by atomic mass is 16.5. The van der Waals surface area contributed by atoms with Crippen LogP contribution in [0.25, 0.3) is 22.0 Å². The van der Waals surface area contributed by atoms with Gasteiger partial charge in [-0.3, -0.25) is 0 Å². The first kappa shape index (κ1) is 17.2. The van der Waals surface area contributed by atoms with Crippen molar-refractivity contribution in [3.8, 4) is 16.9 Å². The molecule has 0 aliphatic heterocycles. The Morgan fingerprint density at radius 2 is 1.89 bits per heavy atom. The number of aromatic nitrogens is 2. The van der Waals surface area contributed by atoms with Crippen LogP contribution in [0, 0.1) is 0 Å². The predicted octanol–water partition coefficient (Wildman–Crippen LogP) is 5.27. The Balaban J connectivity index is 1.69. The van der Waals surface area contributed by atoms with Crippen LogP contribution >= 0.6 is 0 Å². The van der Waals surface area contributed by atoms with Crippen molar-refractivity contribution in [2.24, 2.45) is 0 Å². The molecule has 0 saturated carbocycles. The predicted molar refractivity (Wildman–Crippen MR) is 111 cm³/mol. The normalized spacial score (nSPS) is 11.0. The molecule has 0 amide bonds. The molecular formula is C23H23N3O. The lowest BCUT2D eigenvalue weighted by molar-refractivity contribution is 0.306. The minimum atomic E-state index is 0.547. The van der Waals surface area contributed by atoms with Gasteiger partial charge in [0.25, 0.3) is 0 Å². The number of ether oxygens (including phenoxy) is 1. The molecule has 0 saturated heterocycles. The van der Waals surface area contributed by atoms with Gasteiger partial charge in [0.2, 0.25) is 0 Å². The van der Waals surface area contributed by atoms with Crippen LogP contribution in [0.5, 0.6) is 5.75 Å². The summed E-state index contributed by atoms with van der Waals surface area (Å²) in [5.41, 5.74) is 10.7. The van der Waals surface area contributed by atoms with E-state index in [-0.39, 0.29) is 0 Å². The fourth-order valence-corrected chi connectivity index (χ4v) is 3.41. The van der Waals surface area contributed by atoms with E-state index in [4.69, 9.17) is 10.5 Å². The van der Waals surface area contributed by atoms with E-state index in [2.05, 4.69) is 46.9 Å². The number of fused-ring (bicyclic) bond motifs is 1. The molecule has 0 bridgehead atoms. The zero-order chi connectivity index (χ0) is 18.6. The second kappa shape index (κ2) is 7.54. The molecule has 0 aliphatic carbocycles. The summed E-state index contributed by atoms with van der Waals surface area (Å²) in [6.45, 7) is 3.67. The Labute approximate surface area is 159 Å². The number of benzene rings is 2. The fraction of sp³-hybridized carbons (Fsp3) is 0.174. The smallest absolute Gasteiger partial charge is 0.133 e. The molecule has 27 heavy (non-hydrogen) atoms. The first-order valence-corrected chi connectivity index (χ1v) is 9.26. The van der Waals surface area contributed by atoms with Crippen LogP contribution in [-0.4, -0.2) is 9.55 Å². The molecule has 2 aromatic carbocycles. The molecule has 2 heterocycles. The summed E-state index contributed by atoms with van der Waals surface area (Å²) < 4.78 is 8.25. The van der Waals surface area contributed by atoms with Gasteiger partial charge in [0.05, 0.1) is 5.52 Å². The Morgan fingerprint density at radius 1 is 1.04 bits per heavy atom. The van der Waals surface area contributed by atoms with Crippen LogP contribution in [0.3, 0.4) is 0 Å². The number of aryl methyl sites for hydroxylation is 1. The lowest BCUT2D eigenvalue weighted by Gasteiger charge is -2.08. The maximum atomic E-state index is 6.22. The van der Waals surface area contributed by atoms with Gasteiger partial charge in [0.15, 0.2) is 0 Å². The van der Waals surface area contributed by atoms with E-state index in [1.54, 1.807) is 6.20 Å². The molecule has 2 aromatic heterocycles. The Bertz CT molecular complexity index is 1050. The number of nitrogens with zero attached hydrogens (tertiary/aromatic N) is 2. The molecule has 0 aliphatic rings. The summed E-state index contributed by atoms with van der Waals surface area (Å²) in [7, 11) is 0. The van der Waals surface area contributed by atoms with E-state index in [0.29, 0.717) is 12.4 Å². The quantitative estimate of drug-likeness (QED) is 0.511. The number of nitrogen functional groups attached to an aromatic ring is 1. The molecule has 136 valence electrons. The maximum Gasteiger partial charge on any atom is 0.133 e. The molecule has 4 heteroatoms. The molecule has 0 fully saturated rings. The lowest BCUT2D eigenvalue weighted by atomic mass is 10.1. The van der Waals surface area contributed by atoms with Gasteiger partial charge in [-0.25, -0.2) is 4.98 Å². The van der Waals surface area contributed by atoms with Gasteiger partial charge in [0, 0.05) is 29.9 Å². The minimum absolute atomic E-state index is 0.547. The number of hydrogen-bond acceptors (Lipinski definition) is 3. The first-order valence-electron chi connectivity index (χ1n) is 9.26. The van der Waals surface area contributed by atoms with E-state index in [9.17, 15) is 0 Å². The zero-order valence-electron chi connectivity index (χ0n) is 15.4. The van der Waals surface area contributed by atoms with Gasteiger partial charge in [-0.15, -0.1) is 0 Å². The van der Waals surface area contributed by atoms with Crippen LogP contribution in [0.1, 0.15) is 18.9 Å². The number of hydrogen-bond donors (Lipinski definition) is 1. The Kier molecular flexibility index (Phi) is 4.79. The van der Waals surface area contributed by atoms with E-state index < -0.39 is 0 Å². The molecule has 0 spiro atoms. The summed E-state index contributed by atoms with van der Waals surface area (Å²) in [5, 5.41) is 1.01. The average molecular weight is 357 g/mol. The van der Waals surface area contributed by atoms with Crippen molar-refractivity contribution in [1.29, 1.82) is 0 Å². The molecular weight excluding hydrogens is 334 g/mol. The van der Waals surface area contributed by atoms with E-state index >= 15 is 0 Å². The number of pyridine rings is 1. The summed E-state index contributed by atoms with van der Waals surface area (Å²) in [4.78, 5) is 4.30. The maximum absolute atomic E-state index is 6.22. The Hall–Kier alpha value is -3.27. The van der Waals surface area contributed by atoms with Crippen molar-refractivity contribution in [2.75, 3.05) is 5.73 Å². The van der Waals surface area contributed by atoms with Gasteiger partial charge in [-0.1, -0.05) is 49.4 Å². The summed E-state index contributed by atoms with van der Waals surface area (Å²) in [6, 6.07) is 20.4. The summed E-state index contributed by atoms with van der Waals surface area (Å²) >= 11 is 0. The van der Waals surface area contributed by atoms with Crippen LogP contribution in [0.15, 0.2) is 73.1 Å². The average Bonchev–Trinajstić information content (AvgIpc) is 3.08. The van der Waals surface area contributed by atoms with Crippen molar-refractivity contribution in [2.45, 2.75) is 26.5 Å². The highest BCUT2D eigenvalue weighted by molar-refractivity contribution is 6.02. The van der Waals surface area contributed by atoms with Crippen molar-refractivity contribution >= 4 is 16.7 Å². The monoisotopic (exact) mass is 357 g/mol. The van der Waals surface area contributed by atoms with Gasteiger partial charge in [-0.2, -0.15) is 0 Å². The van der Waals surface area contributed by atoms with Gasteiger partial charge in [0.1, 0.15) is 18.2 Å². The van der Waals surface area contributed by atoms with Crippen molar-refractivity contribution in [3.05, 3.63) is 78.6 Å². The molecule has 0 atom stereocenters. The van der Waals surface area contributed by atoms with Crippen LogP contribution in [0.4, 0.5) is 5.82 Å². The second-order valence-electron chi connectivity index (χ2n) is 6.63. The number of anilines is 1. The minimum Gasteiger partial charge on any atom is -0.489 e. The number of nitrogens with two attached hydrogens (primary N) is 1. The lowest BCUT2D eigenvalue weighted by Crippen LogP contribution is -1.95. The summed E-state index contributed by atoms with van der Waals surface area (Å²) in [6.07, 6.45) is 5.00. The van der Waals surface area contributed by atoms with Crippen molar-refractivity contribution < 1.29 is 4.74 Å². The Morgan fingerprint density at radius 3 is 2.70 bits per heavy atom. The first-order chi connectivity index (χ1) is 13.3. The van der Waals surface area contributed by atoms with Crippen molar-refractivity contribution in [1.82, 2.24) is 9.55 Å². The molecule has 4 rings (SSSR count). The van der Waals surface area contributed by atoms with E-state index in [1.165, 1.54) is 0 Å². The highest BCUT2D eigenvalue weighted by Crippen LogP contribution is 2.35. The highest BCUT2D eigenvalue weighted by Gasteiger charge is 2.14. The van der Waals surface area contributed by atoms with E-state index in [0.717, 1.165) is 46.3 Å². The second-order valence-corrected chi connectivity index (χ2v) is 6.63. The van der Waals surface area contributed by atoms with Gasteiger partial charge in [-0.05, 0) is 35.7 Å². The molecule has 4 nitrogen and oxygen atoms in total. The van der Waals surface area contributed by atoms with Crippen molar-refractivity contribution in [3.63, 3.8) is 0 Å². The summed E-state index contributed by atoms with van der Waals surface area (Å²) in [5.74, 6) is 1.41. The largest absolute Gasteiger partial charge is 0.489 e. The fourth-order valence-electron chi connectivity index (χ4n) is 3.41. The third-order valence-electron chi connectivity index (χ3n) is 4.68. The molecule has 0 unspecified atom stereocenters. The van der Waals surface area contributed by atoms with Gasteiger partial charge >= 0.3 is 0 Å². The van der Waals surface area contributed by atoms with Crippen LogP contribution < -0.4 is 10.5 Å². The van der Waals surface area contributed by atoms with E-state index in [1.807, 2.05) is 36.4 Å². The topological polar surface area (TPSA) is 53.1 Å². The standard InChI is InChI=1S/C23H23N3O/c1-2-13-26-15-20(22-21(26)11-12-25-23(22)24)18-9-6-10-19(14-18)27-16-17-7-4-3-5-8-17/h3-12,14-15H,2,13,16H2,1H3,(H2,24,25). The van der Waals surface area contributed by atoms with Gasteiger partial charge < -0.3 is 15.0 Å². The number of rotatable bonds is 6. The third kappa shape index (κ3) is 3.51. The van der Waals surface area contributed by atoms with Crippen LogP contribution in [0.2, 0.25) is 0 Å². The molecule has 2 N–H and O–H groups in total. The van der Waals surface area contributed by atoms with Crippen LogP contribution in [-0.2, 0) is 13.2 Å². The SMILES string of the molecule is CCCn1cc(-c2cccc(OCc3ccccc3)c2)c2c(N)nccc21. The third-order valence-corrected chi connectivity index (χ3v) is 4.68.